The fourth-order valence-corrected chi connectivity index (χ4v) is 1.48. The highest BCUT2D eigenvalue weighted by Crippen LogP contribution is 2.17. The lowest BCUT2D eigenvalue weighted by atomic mass is 10.3. The Hall–Kier alpha value is -2.18. The van der Waals surface area contributed by atoms with Gasteiger partial charge in [0.15, 0.2) is 11.5 Å². The van der Waals surface area contributed by atoms with Crippen molar-refractivity contribution in [2.45, 2.75) is 26.4 Å². The highest BCUT2D eigenvalue weighted by molar-refractivity contribution is 5.85. The Morgan fingerprint density at radius 2 is 2.29 bits per heavy atom. The third-order valence-corrected chi connectivity index (χ3v) is 2.47. The maximum atomic E-state index is 10.8. The first-order chi connectivity index (χ1) is 8.13. The van der Waals surface area contributed by atoms with E-state index in [4.69, 9.17) is 5.11 Å². The number of imidazole rings is 1. The van der Waals surface area contributed by atoms with Crippen LogP contribution in [-0.4, -0.2) is 36.6 Å². The molecule has 0 aliphatic carbocycles. The van der Waals surface area contributed by atoms with Crippen molar-refractivity contribution in [1.82, 2.24) is 19.5 Å². The molecular formula is C10H13N5O2. The van der Waals surface area contributed by atoms with E-state index in [1.165, 1.54) is 6.33 Å². The van der Waals surface area contributed by atoms with Crippen molar-refractivity contribution in [3.05, 3.63) is 12.7 Å². The number of carboxylic acids is 1. The summed E-state index contributed by atoms with van der Waals surface area (Å²) in [7, 11) is 0. The summed E-state index contributed by atoms with van der Waals surface area (Å²) in [5.74, 6) is -0.496. The largest absolute Gasteiger partial charge is 0.480 e. The lowest BCUT2D eigenvalue weighted by molar-refractivity contribution is -0.137. The van der Waals surface area contributed by atoms with Crippen LogP contribution < -0.4 is 5.32 Å². The van der Waals surface area contributed by atoms with Gasteiger partial charge < -0.3 is 15.0 Å². The van der Waals surface area contributed by atoms with Crippen LogP contribution >= 0.6 is 0 Å². The number of carbonyl (C=O) groups is 1. The van der Waals surface area contributed by atoms with Gasteiger partial charge in [-0.15, -0.1) is 0 Å². The minimum atomic E-state index is -0.938. The van der Waals surface area contributed by atoms with Crippen LogP contribution in [0.2, 0.25) is 0 Å². The molecule has 0 spiro atoms. The molecular weight excluding hydrogens is 222 g/mol. The van der Waals surface area contributed by atoms with E-state index in [9.17, 15) is 4.79 Å². The molecule has 0 aliphatic rings. The third kappa shape index (κ3) is 2.03. The van der Waals surface area contributed by atoms with Gasteiger partial charge in [0.2, 0.25) is 0 Å². The van der Waals surface area contributed by atoms with Crippen molar-refractivity contribution in [3.63, 3.8) is 0 Å². The molecule has 2 N–H and O–H groups in total. The highest BCUT2D eigenvalue weighted by atomic mass is 16.4. The lowest BCUT2D eigenvalue weighted by Gasteiger charge is -2.09. The van der Waals surface area contributed by atoms with Crippen molar-refractivity contribution in [1.29, 1.82) is 0 Å². The molecule has 2 heterocycles. The van der Waals surface area contributed by atoms with Gasteiger partial charge in [0.1, 0.15) is 17.9 Å². The Bertz CT molecular complexity index is 551. The molecule has 0 saturated heterocycles. The number of aromatic nitrogens is 4. The number of hydrogen-bond donors (Lipinski definition) is 2. The quantitative estimate of drug-likeness (QED) is 0.811. The zero-order valence-corrected chi connectivity index (χ0v) is 9.58. The van der Waals surface area contributed by atoms with Crippen LogP contribution in [0, 0.1) is 0 Å². The van der Waals surface area contributed by atoms with Crippen molar-refractivity contribution >= 4 is 23.0 Å². The lowest BCUT2D eigenvalue weighted by Crippen LogP contribution is -2.26. The van der Waals surface area contributed by atoms with Gasteiger partial charge in [-0.05, 0) is 13.8 Å². The van der Waals surface area contributed by atoms with Crippen LogP contribution in [0.5, 0.6) is 0 Å². The number of rotatable bonds is 4. The molecule has 0 aromatic carbocycles. The second kappa shape index (κ2) is 4.36. The highest BCUT2D eigenvalue weighted by Gasteiger charge is 2.15. The van der Waals surface area contributed by atoms with E-state index in [1.54, 1.807) is 13.3 Å². The summed E-state index contributed by atoms with van der Waals surface area (Å²) in [4.78, 5) is 23.1. The molecule has 7 nitrogen and oxygen atoms in total. The van der Waals surface area contributed by atoms with Crippen molar-refractivity contribution < 1.29 is 9.90 Å². The average molecular weight is 235 g/mol. The Morgan fingerprint density at radius 1 is 1.53 bits per heavy atom. The smallest absolute Gasteiger partial charge is 0.325 e. The van der Waals surface area contributed by atoms with E-state index >= 15 is 0 Å². The summed E-state index contributed by atoms with van der Waals surface area (Å²) in [6.45, 7) is 4.28. The van der Waals surface area contributed by atoms with Gasteiger partial charge in [-0.3, -0.25) is 4.79 Å². The fourth-order valence-electron chi connectivity index (χ4n) is 1.48. The first kappa shape index (κ1) is 11.3. The number of hydrogen-bond acceptors (Lipinski definition) is 5. The molecule has 90 valence electrons. The molecule has 1 atom stereocenters. The van der Waals surface area contributed by atoms with Gasteiger partial charge in [0.25, 0.3) is 0 Å². The van der Waals surface area contributed by atoms with E-state index in [2.05, 4.69) is 20.3 Å². The van der Waals surface area contributed by atoms with E-state index in [1.807, 2.05) is 11.5 Å². The molecule has 0 amide bonds. The van der Waals surface area contributed by atoms with Crippen LogP contribution in [0.3, 0.4) is 0 Å². The predicted molar refractivity (Wildman–Crippen MR) is 61.7 cm³/mol. The van der Waals surface area contributed by atoms with Crippen LogP contribution in [-0.2, 0) is 11.3 Å². The molecule has 17 heavy (non-hydrogen) atoms. The number of fused-ring (bicyclic) bond motifs is 1. The Balaban J connectivity index is 2.41. The summed E-state index contributed by atoms with van der Waals surface area (Å²) >= 11 is 0. The van der Waals surface area contributed by atoms with E-state index in [-0.39, 0.29) is 0 Å². The predicted octanol–water partition coefficient (Wildman–Crippen LogP) is 0.731. The SMILES string of the molecule is CCn1cnc2c(N[C@@H](C)C(=O)O)ncnc21. The Morgan fingerprint density at radius 3 is 2.94 bits per heavy atom. The monoisotopic (exact) mass is 235 g/mol. The van der Waals surface area contributed by atoms with Gasteiger partial charge in [-0.2, -0.15) is 0 Å². The molecule has 0 bridgehead atoms. The van der Waals surface area contributed by atoms with Crippen LogP contribution in [0.15, 0.2) is 12.7 Å². The molecule has 0 aliphatic heterocycles. The molecule has 0 radical (unpaired) electrons. The van der Waals surface area contributed by atoms with Gasteiger partial charge in [0, 0.05) is 6.54 Å². The van der Waals surface area contributed by atoms with Gasteiger partial charge in [0.05, 0.1) is 6.33 Å². The molecule has 0 fully saturated rings. The van der Waals surface area contributed by atoms with Gasteiger partial charge in [-0.1, -0.05) is 0 Å². The molecule has 2 aromatic rings. The number of nitrogens with one attached hydrogen (secondary N) is 1. The van der Waals surface area contributed by atoms with Crippen LogP contribution in [0.4, 0.5) is 5.82 Å². The maximum absolute atomic E-state index is 10.8. The molecule has 0 saturated carbocycles. The van der Waals surface area contributed by atoms with Crippen molar-refractivity contribution in [2.75, 3.05) is 5.32 Å². The second-order valence-corrected chi connectivity index (χ2v) is 3.63. The van der Waals surface area contributed by atoms with Gasteiger partial charge in [-0.25, -0.2) is 15.0 Å². The summed E-state index contributed by atoms with van der Waals surface area (Å²) < 4.78 is 1.87. The average Bonchev–Trinajstić information content (AvgIpc) is 2.72. The molecule has 0 unspecified atom stereocenters. The normalized spacial score (nSPS) is 12.6. The minimum absolute atomic E-state index is 0.442. The maximum Gasteiger partial charge on any atom is 0.325 e. The summed E-state index contributed by atoms with van der Waals surface area (Å²) in [6.07, 6.45) is 3.06. The summed E-state index contributed by atoms with van der Waals surface area (Å²) in [5, 5.41) is 11.6. The second-order valence-electron chi connectivity index (χ2n) is 3.63. The van der Waals surface area contributed by atoms with Crippen molar-refractivity contribution in [3.8, 4) is 0 Å². The molecule has 2 aromatic heterocycles. The molecule has 7 heteroatoms. The first-order valence-electron chi connectivity index (χ1n) is 5.28. The molecule has 2 rings (SSSR count). The fraction of sp³-hybridized carbons (Fsp3) is 0.400. The summed E-state index contributed by atoms with van der Waals surface area (Å²) in [5.41, 5.74) is 1.28. The Kier molecular flexibility index (Phi) is 2.90. The van der Waals surface area contributed by atoms with Gasteiger partial charge >= 0.3 is 5.97 Å². The van der Waals surface area contributed by atoms with Crippen molar-refractivity contribution in [2.24, 2.45) is 0 Å². The number of nitrogens with zero attached hydrogens (tertiary/aromatic N) is 4. The van der Waals surface area contributed by atoms with E-state index < -0.39 is 12.0 Å². The number of aliphatic carboxylic acids is 1. The minimum Gasteiger partial charge on any atom is -0.480 e. The van der Waals surface area contributed by atoms with Crippen LogP contribution in [0.25, 0.3) is 11.2 Å². The Labute approximate surface area is 97.5 Å². The summed E-state index contributed by atoms with van der Waals surface area (Å²) in [6, 6.07) is -0.722. The topological polar surface area (TPSA) is 92.9 Å². The third-order valence-electron chi connectivity index (χ3n) is 2.47. The standard InChI is InChI=1S/C10H13N5O2/c1-3-15-5-13-7-8(11-4-12-9(7)15)14-6(2)10(16)17/h4-6H,3H2,1-2H3,(H,16,17)(H,11,12,14)/t6-/m0/s1. The van der Waals surface area contributed by atoms with E-state index in [0.717, 1.165) is 6.54 Å². The number of aryl methyl sites for hydroxylation is 1. The van der Waals surface area contributed by atoms with Crippen LogP contribution in [0.1, 0.15) is 13.8 Å². The van der Waals surface area contributed by atoms with E-state index in [0.29, 0.717) is 17.0 Å². The zero-order valence-electron chi connectivity index (χ0n) is 9.58. The number of carboxylic acid groups (broad SMARTS) is 1. The first-order valence-corrected chi connectivity index (χ1v) is 5.28. The zero-order chi connectivity index (χ0) is 12.4. The number of anilines is 1.